The summed E-state index contributed by atoms with van der Waals surface area (Å²) >= 11 is 0. The summed E-state index contributed by atoms with van der Waals surface area (Å²) < 4.78 is 10.4. The van der Waals surface area contributed by atoms with Crippen molar-refractivity contribution in [3.8, 4) is 17.3 Å². The molecule has 4 heterocycles. The van der Waals surface area contributed by atoms with Crippen molar-refractivity contribution in [2.75, 3.05) is 13.7 Å². The Balaban J connectivity index is 1.25. The van der Waals surface area contributed by atoms with E-state index >= 15 is 0 Å². The van der Waals surface area contributed by atoms with Gasteiger partial charge < -0.3 is 18.8 Å². The second-order valence-corrected chi connectivity index (χ2v) is 12.3. The van der Waals surface area contributed by atoms with Gasteiger partial charge in [0.1, 0.15) is 16.9 Å². The highest BCUT2D eigenvalue weighted by atomic mass is 16.5. The number of pyridine rings is 1. The van der Waals surface area contributed by atoms with E-state index in [1.165, 1.54) is 37.8 Å². The maximum absolute atomic E-state index is 13.7. The lowest BCUT2D eigenvalue weighted by molar-refractivity contribution is 0.0696. The van der Waals surface area contributed by atoms with Crippen molar-refractivity contribution in [1.82, 2.24) is 24.0 Å². The van der Waals surface area contributed by atoms with Crippen molar-refractivity contribution < 1.29 is 9.53 Å². The number of piperidine rings is 1. The molecule has 2 unspecified atom stereocenters. The van der Waals surface area contributed by atoms with Gasteiger partial charge >= 0.3 is 0 Å². The molecular weight excluding hydrogens is 474 g/mol. The Morgan fingerprint density at radius 1 is 1.05 bits per heavy atom. The van der Waals surface area contributed by atoms with Crippen molar-refractivity contribution in [2.24, 2.45) is 24.8 Å². The monoisotopic (exact) mass is 509 g/mol. The third-order valence-corrected chi connectivity index (χ3v) is 9.81. The normalized spacial score (nSPS) is 24.7. The molecule has 3 aromatic heterocycles. The molecule has 0 N–H and O–H groups in total. The van der Waals surface area contributed by atoms with Gasteiger partial charge in [0.2, 0.25) is 0 Å². The van der Waals surface area contributed by atoms with Crippen LogP contribution >= 0.6 is 0 Å². The summed E-state index contributed by atoms with van der Waals surface area (Å²) in [5.41, 5.74) is 5.78. The summed E-state index contributed by atoms with van der Waals surface area (Å²) in [6.07, 6.45) is 7.41. The summed E-state index contributed by atoms with van der Waals surface area (Å²) in [5.74, 6) is 4.26. The minimum absolute atomic E-state index is 0.108. The van der Waals surface area contributed by atoms with E-state index in [4.69, 9.17) is 14.7 Å². The van der Waals surface area contributed by atoms with Crippen molar-refractivity contribution in [3.63, 3.8) is 0 Å². The van der Waals surface area contributed by atoms with E-state index in [0.29, 0.717) is 41.0 Å². The second-order valence-electron chi connectivity index (χ2n) is 12.3. The molecule has 1 amide bonds. The predicted octanol–water partition coefficient (Wildman–Crippen LogP) is 5.76. The minimum atomic E-state index is 0.108. The molecule has 2 bridgehead atoms. The number of ether oxygens (including phenoxy) is 1. The molecule has 3 saturated carbocycles. The lowest BCUT2D eigenvalue weighted by atomic mass is 10.0. The highest BCUT2D eigenvalue weighted by molar-refractivity contribution is 6.00. The van der Waals surface area contributed by atoms with Crippen LogP contribution in [0.5, 0.6) is 5.75 Å². The fourth-order valence-corrected chi connectivity index (χ4v) is 7.21. The van der Waals surface area contributed by atoms with Crippen molar-refractivity contribution >= 4 is 28.0 Å². The first-order valence-corrected chi connectivity index (χ1v) is 14.4. The molecule has 0 radical (unpaired) electrons. The van der Waals surface area contributed by atoms with Gasteiger partial charge in [0.15, 0.2) is 5.82 Å². The van der Waals surface area contributed by atoms with Crippen LogP contribution in [0.2, 0.25) is 0 Å². The molecule has 4 aromatic rings. The molecule has 1 saturated heterocycles. The summed E-state index contributed by atoms with van der Waals surface area (Å²) in [4.78, 5) is 26.0. The van der Waals surface area contributed by atoms with Crippen LogP contribution in [0.25, 0.3) is 33.6 Å². The number of aryl methyl sites for hydroxylation is 1. The molecule has 4 fully saturated rings. The predicted molar refractivity (Wildman–Crippen MR) is 147 cm³/mol. The topological polar surface area (TPSA) is 65.2 Å². The SMILES string of the molecule is COc1cc(C(=O)N2CC3CCC2[C@@H]3C)cc2nc(-c3cc4ccc(C5CC5)nc4n3CC3CC3)n(C)c12. The summed E-state index contributed by atoms with van der Waals surface area (Å²) in [7, 11) is 3.74. The zero-order valence-corrected chi connectivity index (χ0v) is 22.5. The van der Waals surface area contributed by atoms with Gasteiger partial charge in [-0.15, -0.1) is 0 Å². The molecule has 7 heteroatoms. The smallest absolute Gasteiger partial charge is 0.254 e. The lowest BCUT2D eigenvalue weighted by Crippen LogP contribution is -2.38. The average Bonchev–Trinajstić information content (AvgIpc) is 3.84. The third-order valence-electron chi connectivity index (χ3n) is 9.81. The average molecular weight is 510 g/mol. The van der Waals surface area contributed by atoms with Crippen LogP contribution < -0.4 is 4.74 Å². The molecule has 8 rings (SSSR count). The number of hydrogen-bond donors (Lipinski definition) is 0. The van der Waals surface area contributed by atoms with E-state index in [2.05, 4.69) is 46.2 Å². The molecule has 38 heavy (non-hydrogen) atoms. The molecule has 4 aliphatic rings. The number of methoxy groups -OCH3 is 1. The second kappa shape index (κ2) is 8.08. The van der Waals surface area contributed by atoms with Gasteiger partial charge in [-0.25, -0.2) is 9.97 Å². The molecule has 196 valence electrons. The van der Waals surface area contributed by atoms with Gasteiger partial charge in [0.25, 0.3) is 5.91 Å². The maximum atomic E-state index is 13.7. The number of aromatic nitrogens is 4. The number of likely N-dealkylation sites (tertiary alicyclic amines) is 1. The van der Waals surface area contributed by atoms with Gasteiger partial charge in [-0.1, -0.05) is 6.92 Å². The number of nitrogens with zero attached hydrogens (tertiary/aromatic N) is 5. The van der Waals surface area contributed by atoms with E-state index in [1.54, 1.807) is 7.11 Å². The van der Waals surface area contributed by atoms with E-state index in [-0.39, 0.29) is 5.91 Å². The fraction of sp³-hybridized carbons (Fsp3) is 0.516. The molecule has 3 aliphatic carbocycles. The van der Waals surface area contributed by atoms with Gasteiger partial charge in [0, 0.05) is 48.7 Å². The Hall–Kier alpha value is -3.35. The number of benzene rings is 1. The largest absolute Gasteiger partial charge is 0.494 e. The molecule has 0 spiro atoms. The molecular formula is C31H35N5O2. The van der Waals surface area contributed by atoms with E-state index in [0.717, 1.165) is 53.1 Å². The Labute approximate surface area is 222 Å². The van der Waals surface area contributed by atoms with Crippen LogP contribution in [0.15, 0.2) is 30.3 Å². The van der Waals surface area contributed by atoms with Crippen molar-refractivity contribution in [3.05, 3.63) is 41.6 Å². The molecule has 1 aliphatic heterocycles. The summed E-state index contributed by atoms with van der Waals surface area (Å²) in [6, 6.07) is 10.9. The Morgan fingerprint density at radius 2 is 1.89 bits per heavy atom. The van der Waals surface area contributed by atoms with Gasteiger partial charge in [0.05, 0.1) is 18.3 Å². The van der Waals surface area contributed by atoms with Crippen LogP contribution in [0.1, 0.15) is 67.4 Å². The highest BCUT2D eigenvalue weighted by Crippen LogP contribution is 2.44. The van der Waals surface area contributed by atoms with Crippen LogP contribution in [0.3, 0.4) is 0 Å². The third kappa shape index (κ3) is 3.36. The van der Waals surface area contributed by atoms with Crippen LogP contribution in [-0.2, 0) is 13.6 Å². The number of fused-ring (bicyclic) bond motifs is 4. The first-order valence-electron chi connectivity index (χ1n) is 14.4. The lowest BCUT2D eigenvalue weighted by Gasteiger charge is -2.27. The van der Waals surface area contributed by atoms with Crippen LogP contribution in [0, 0.1) is 17.8 Å². The minimum Gasteiger partial charge on any atom is -0.494 e. The Morgan fingerprint density at radius 3 is 2.58 bits per heavy atom. The van der Waals surface area contributed by atoms with Crippen molar-refractivity contribution in [2.45, 2.75) is 64.0 Å². The van der Waals surface area contributed by atoms with Gasteiger partial charge in [-0.3, -0.25) is 4.79 Å². The standard InChI is InChI=1S/C31H35N5O2/c1-17-21-9-11-25(17)36(16-21)31(37)22-12-24-28(27(14-22)38-3)34(2)30(33-24)26-13-20-8-10-23(19-6-7-19)32-29(20)35(26)15-18-4-5-18/h8,10,12-14,17-19,21,25H,4-7,9,11,15-16H2,1-3H3/t17-,21?,25?/m1/s1. The summed E-state index contributed by atoms with van der Waals surface area (Å²) in [6.45, 7) is 4.14. The van der Waals surface area contributed by atoms with Crippen LogP contribution in [0.4, 0.5) is 0 Å². The highest BCUT2D eigenvalue weighted by Gasteiger charge is 2.46. The number of hydrogen-bond acceptors (Lipinski definition) is 4. The van der Waals surface area contributed by atoms with E-state index < -0.39 is 0 Å². The number of carbonyl (C=O) groups excluding carboxylic acids is 1. The number of amides is 1. The number of rotatable bonds is 6. The van der Waals surface area contributed by atoms with Gasteiger partial charge in [-0.2, -0.15) is 0 Å². The van der Waals surface area contributed by atoms with Gasteiger partial charge in [-0.05, 0) is 86.6 Å². The fourth-order valence-electron chi connectivity index (χ4n) is 7.21. The zero-order chi connectivity index (χ0) is 25.7. The quantitative estimate of drug-likeness (QED) is 0.332. The molecule has 3 atom stereocenters. The Bertz CT molecular complexity index is 1610. The maximum Gasteiger partial charge on any atom is 0.254 e. The van der Waals surface area contributed by atoms with E-state index in [1.807, 2.05) is 12.1 Å². The molecule has 7 nitrogen and oxygen atoms in total. The summed E-state index contributed by atoms with van der Waals surface area (Å²) in [5, 5.41) is 1.16. The Kier molecular flexibility index (Phi) is 4.81. The van der Waals surface area contributed by atoms with Crippen LogP contribution in [-0.4, -0.2) is 49.6 Å². The first-order chi connectivity index (χ1) is 18.5. The van der Waals surface area contributed by atoms with Crippen molar-refractivity contribution in [1.29, 1.82) is 0 Å². The van der Waals surface area contributed by atoms with E-state index in [9.17, 15) is 4.79 Å². The zero-order valence-electron chi connectivity index (χ0n) is 22.5. The number of imidazole rings is 1. The number of carbonyl (C=O) groups is 1. The molecule has 1 aromatic carbocycles. The first kappa shape index (κ1) is 22.6.